The molecular formula is C23H18Cl2N2O2S2. The van der Waals surface area contributed by atoms with Gasteiger partial charge < -0.3 is 4.74 Å². The second kappa shape index (κ2) is 10.0. The third-order valence-electron chi connectivity index (χ3n) is 4.80. The van der Waals surface area contributed by atoms with E-state index < -0.39 is 0 Å². The molecule has 31 heavy (non-hydrogen) atoms. The van der Waals surface area contributed by atoms with Crippen molar-refractivity contribution in [3.63, 3.8) is 0 Å². The molecule has 1 aliphatic rings. The van der Waals surface area contributed by atoms with Gasteiger partial charge in [0.15, 0.2) is 0 Å². The maximum absolute atomic E-state index is 12.9. The average Bonchev–Trinajstić information content (AvgIpc) is 3.03. The molecule has 1 aromatic heterocycles. The Morgan fingerprint density at radius 1 is 1.03 bits per heavy atom. The van der Waals surface area contributed by atoms with Crippen LogP contribution in [0.5, 0.6) is 5.75 Å². The minimum Gasteiger partial charge on any atom is -0.489 e. The molecule has 4 rings (SSSR count). The second-order valence-corrected chi connectivity index (χ2v) is 9.69. The van der Waals surface area contributed by atoms with Crippen LogP contribution in [0.2, 0.25) is 10.0 Å². The molecule has 1 fully saturated rings. The van der Waals surface area contributed by atoms with Crippen LogP contribution in [0.15, 0.2) is 67.0 Å². The molecule has 0 N–H and O–H groups in total. The predicted octanol–water partition coefficient (Wildman–Crippen LogP) is 5.94. The van der Waals surface area contributed by atoms with E-state index in [1.807, 2.05) is 42.5 Å². The van der Waals surface area contributed by atoms with Gasteiger partial charge in [0.25, 0.3) is 0 Å². The number of aromatic nitrogens is 1. The monoisotopic (exact) mass is 488 g/mol. The topological polar surface area (TPSA) is 42.4 Å². The van der Waals surface area contributed by atoms with Crippen LogP contribution in [-0.4, -0.2) is 25.4 Å². The maximum Gasteiger partial charge on any atom is 0.242 e. The lowest BCUT2D eigenvalue weighted by Gasteiger charge is -2.15. The van der Waals surface area contributed by atoms with Crippen LogP contribution >= 0.6 is 47.2 Å². The Hall–Kier alpha value is -2.12. The van der Waals surface area contributed by atoms with E-state index in [1.54, 1.807) is 29.4 Å². The Bertz CT molecular complexity index is 1090. The van der Waals surface area contributed by atoms with Crippen LogP contribution in [-0.2, 0) is 24.4 Å². The lowest BCUT2D eigenvalue weighted by Crippen LogP contribution is -2.31. The van der Waals surface area contributed by atoms with Gasteiger partial charge in [-0.2, -0.15) is 0 Å². The lowest BCUT2D eigenvalue weighted by atomic mass is 10.1. The summed E-state index contributed by atoms with van der Waals surface area (Å²) in [6, 6.07) is 17.0. The van der Waals surface area contributed by atoms with Gasteiger partial charge in [0, 0.05) is 12.4 Å². The largest absolute Gasteiger partial charge is 0.489 e. The number of thiocarbonyl (C=S) groups is 1. The zero-order valence-corrected chi connectivity index (χ0v) is 19.5. The van der Waals surface area contributed by atoms with E-state index in [0.717, 1.165) is 22.4 Å². The van der Waals surface area contributed by atoms with Gasteiger partial charge in [-0.1, -0.05) is 71.4 Å². The quantitative estimate of drug-likeness (QED) is 0.385. The summed E-state index contributed by atoms with van der Waals surface area (Å²) in [6.45, 7) is 0.848. The number of carbonyl (C=O) groups is 1. The number of halogens is 2. The Morgan fingerprint density at radius 2 is 1.81 bits per heavy atom. The minimum atomic E-state index is -0.216. The lowest BCUT2D eigenvalue weighted by molar-refractivity contribution is -0.126. The number of ether oxygens (including phenoxy) is 1. The van der Waals surface area contributed by atoms with Crippen LogP contribution in [0.3, 0.4) is 0 Å². The summed E-state index contributed by atoms with van der Waals surface area (Å²) >= 11 is 18.9. The molecule has 4 nitrogen and oxygen atoms in total. The van der Waals surface area contributed by atoms with Crippen molar-refractivity contribution >= 4 is 57.4 Å². The molecule has 1 amide bonds. The summed E-state index contributed by atoms with van der Waals surface area (Å²) in [5.74, 6) is 0.785. The highest BCUT2D eigenvalue weighted by Gasteiger charge is 2.36. The highest BCUT2D eigenvalue weighted by molar-refractivity contribution is 8.24. The number of nitrogens with zero attached hydrogens (tertiary/aromatic N) is 2. The van der Waals surface area contributed by atoms with Crippen LogP contribution in [0.1, 0.15) is 16.7 Å². The van der Waals surface area contributed by atoms with Gasteiger partial charge in [-0.3, -0.25) is 14.7 Å². The van der Waals surface area contributed by atoms with Crippen LogP contribution in [0.25, 0.3) is 0 Å². The third kappa shape index (κ3) is 5.57. The van der Waals surface area contributed by atoms with Crippen molar-refractivity contribution in [2.75, 3.05) is 0 Å². The van der Waals surface area contributed by atoms with Gasteiger partial charge in [-0.15, -0.1) is 0 Å². The normalized spacial score (nSPS) is 16.1. The van der Waals surface area contributed by atoms with E-state index in [1.165, 1.54) is 11.8 Å². The number of pyridine rings is 1. The molecule has 1 aliphatic heterocycles. The molecule has 3 aromatic rings. The summed E-state index contributed by atoms with van der Waals surface area (Å²) in [5, 5.41) is 0.812. The molecule has 8 heteroatoms. The minimum absolute atomic E-state index is 0.0406. The number of rotatable bonds is 7. The SMILES string of the molecule is O=C1[C@H](Cc2ccc(OCc3ccc(Cl)c(Cl)c3)cc2)SC(=S)N1Cc1cccnc1. The number of benzene rings is 2. The zero-order chi connectivity index (χ0) is 21.8. The van der Waals surface area contributed by atoms with Crippen molar-refractivity contribution in [1.29, 1.82) is 0 Å². The molecular weight excluding hydrogens is 471 g/mol. The van der Waals surface area contributed by atoms with E-state index in [2.05, 4.69) is 4.98 Å². The molecule has 0 aliphatic carbocycles. The van der Waals surface area contributed by atoms with E-state index in [4.69, 9.17) is 40.2 Å². The molecule has 2 heterocycles. The molecule has 0 saturated carbocycles. The first-order chi connectivity index (χ1) is 15.0. The molecule has 0 spiro atoms. The fourth-order valence-electron chi connectivity index (χ4n) is 3.18. The van der Waals surface area contributed by atoms with E-state index in [-0.39, 0.29) is 11.2 Å². The summed E-state index contributed by atoms with van der Waals surface area (Å²) in [5.41, 5.74) is 2.95. The van der Waals surface area contributed by atoms with Gasteiger partial charge in [-0.25, -0.2) is 0 Å². The average molecular weight is 489 g/mol. The number of thioether (sulfide) groups is 1. The van der Waals surface area contributed by atoms with Gasteiger partial charge in [0.1, 0.15) is 16.7 Å². The van der Waals surface area contributed by atoms with E-state index in [9.17, 15) is 4.79 Å². The Labute approximate surface area is 200 Å². The Kier molecular flexibility index (Phi) is 7.13. The molecule has 1 saturated heterocycles. The maximum atomic E-state index is 12.9. The third-order valence-corrected chi connectivity index (χ3v) is 7.13. The summed E-state index contributed by atoms with van der Waals surface area (Å²) in [4.78, 5) is 18.6. The fourth-order valence-corrected chi connectivity index (χ4v) is 5.03. The summed E-state index contributed by atoms with van der Waals surface area (Å²) in [7, 11) is 0. The number of hydrogen-bond donors (Lipinski definition) is 0. The van der Waals surface area contributed by atoms with Gasteiger partial charge in [-0.05, 0) is 53.4 Å². The molecule has 0 radical (unpaired) electrons. The zero-order valence-electron chi connectivity index (χ0n) is 16.3. The van der Waals surface area contributed by atoms with Gasteiger partial charge in [0.05, 0.1) is 21.8 Å². The fraction of sp³-hybridized carbons (Fsp3) is 0.174. The molecule has 158 valence electrons. The van der Waals surface area contributed by atoms with Crippen molar-refractivity contribution in [2.24, 2.45) is 0 Å². The van der Waals surface area contributed by atoms with Crippen molar-refractivity contribution in [3.05, 3.63) is 93.7 Å². The number of amides is 1. The first-order valence-corrected chi connectivity index (χ1v) is 11.6. The van der Waals surface area contributed by atoms with E-state index in [0.29, 0.717) is 33.9 Å². The predicted molar refractivity (Wildman–Crippen MR) is 130 cm³/mol. The van der Waals surface area contributed by atoms with Gasteiger partial charge in [0.2, 0.25) is 5.91 Å². The van der Waals surface area contributed by atoms with Crippen LogP contribution < -0.4 is 4.74 Å². The first kappa shape index (κ1) is 22.1. The Balaban J connectivity index is 1.33. The summed E-state index contributed by atoms with van der Waals surface area (Å²) < 4.78 is 6.44. The smallest absolute Gasteiger partial charge is 0.242 e. The highest BCUT2D eigenvalue weighted by Crippen LogP contribution is 2.31. The molecule has 2 aromatic carbocycles. The van der Waals surface area contributed by atoms with Crippen molar-refractivity contribution in [3.8, 4) is 5.75 Å². The molecule has 0 unspecified atom stereocenters. The van der Waals surface area contributed by atoms with Crippen LogP contribution in [0, 0.1) is 0 Å². The van der Waals surface area contributed by atoms with Crippen molar-refractivity contribution in [2.45, 2.75) is 24.8 Å². The summed E-state index contributed by atoms with van der Waals surface area (Å²) in [6.07, 6.45) is 4.08. The van der Waals surface area contributed by atoms with Gasteiger partial charge >= 0.3 is 0 Å². The standard InChI is InChI=1S/C23H18Cl2N2O2S2/c24-19-8-5-16(10-20(19)25)14-29-18-6-3-15(4-7-18)11-21-22(28)27(23(30)31-21)13-17-2-1-9-26-12-17/h1-10,12,21H,11,13-14H2/t21-/m0/s1. The molecule has 0 bridgehead atoms. The number of hydrogen-bond acceptors (Lipinski definition) is 5. The van der Waals surface area contributed by atoms with Crippen LogP contribution in [0.4, 0.5) is 0 Å². The highest BCUT2D eigenvalue weighted by atomic mass is 35.5. The second-order valence-electron chi connectivity index (χ2n) is 7.04. The van der Waals surface area contributed by atoms with Crippen molar-refractivity contribution in [1.82, 2.24) is 9.88 Å². The number of carbonyl (C=O) groups excluding carboxylic acids is 1. The Morgan fingerprint density at radius 3 is 2.52 bits per heavy atom. The van der Waals surface area contributed by atoms with E-state index >= 15 is 0 Å². The molecule has 1 atom stereocenters. The first-order valence-electron chi connectivity index (χ1n) is 9.56. The van der Waals surface area contributed by atoms with Crippen molar-refractivity contribution < 1.29 is 9.53 Å².